The Morgan fingerprint density at radius 3 is 2.19 bits per heavy atom. The Balaban J connectivity index is 1.48. The molecule has 0 spiro atoms. The first-order chi connectivity index (χ1) is 13.2. The van der Waals surface area contributed by atoms with Crippen LogP contribution >= 0.6 is 0 Å². The largest absolute Gasteiger partial charge is 0.340 e. The van der Waals surface area contributed by atoms with Gasteiger partial charge in [0.25, 0.3) is 0 Å². The molecule has 0 radical (unpaired) electrons. The van der Waals surface area contributed by atoms with Crippen molar-refractivity contribution in [3.05, 3.63) is 60.0 Å². The summed E-state index contributed by atoms with van der Waals surface area (Å²) in [6.45, 7) is 7.46. The SMILES string of the molecule is Cc1cc(Nc2ccccc2C)nc(N2CCN(c3ncccn3)CC2)n1. The maximum atomic E-state index is 4.75. The number of rotatable bonds is 4. The normalized spacial score (nSPS) is 14.3. The predicted molar refractivity (Wildman–Crippen MR) is 108 cm³/mol. The van der Waals surface area contributed by atoms with Gasteiger partial charge in [0.2, 0.25) is 11.9 Å². The monoisotopic (exact) mass is 361 g/mol. The van der Waals surface area contributed by atoms with Crippen molar-refractivity contribution in [3.8, 4) is 0 Å². The molecule has 0 saturated carbocycles. The van der Waals surface area contributed by atoms with Gasteiger partial charge in [0, 0.05) is 56.0 Å². The molecule has 1 aromatic carbocycles. The lowest BCUT2D eigenvalue weighted by molar-refractivity contribution is 0.627. The summed E-state index contributed by atoms with van der Waals surface area (Å²) in [5.74, 6) is 2.37. The second-order valence-corrected chi connectivity index (χ2v) is 6.66. The lowest BCUT2D eigenvalue weighted by Crippen LogP contribution is -2.47. The fourth-order valence-electron chi connectivity index (χ4n) is 3.17. The van der Waals surface area contributed by atoms with Crippen LogP contribution in [0, 0.1) is 13.8 Å². The highest BCUT2D eigenvalue weighted by Gasteiger charge is 2.21. The van der Waals surface area contributed by atoms with Gasteiger partial charge in [-0.2, -0.15) is 4.98 Å². The minimum atomic E-state index is 0.764. The maximum absolute atomic E-state index is 4.75. The van der Waals surface area contributed by atoms with E-state index < -0.39 is 0 Å². The number of hydrogen-bond acceptors (Lipinski definition) is 7. The van der Waals surface area contributed by atoms with Gasteiger partial charge in [-0.15, -0.1) is 0 Å². The van der Waals surface area contributed by atoms with E-state index in [1.165, 1.54) is 5.56 Å². The third-order valence-corrected chi connectivity index (χ3v) is 4.65. The maximum Gasteiger partial charge on any atom is 0.227 e. The number of nitrogens with zero attached hydrogens (tertiary/aromatic N) is 6. The summed E-state index contributed by atoms with van der Waals surface area (Å²) in [5.41, 5.74) is 3.20. The summed E-state index contributed by atoms with van der Waals surface area (Å²) in [4.78, 5) is 22.5. The summed E-state index contributed by atoms with van der Waals surface area (Å²) in [6.07, 6.45) is 3.56. The lowest BCUT2D eigenvalue weighted by Gasteiger charge is -2.34. The van der Waals surface area contributed by atoms with E-state index in [-0.39, 0.29) is 0 Å². The van der Waals surface area contributed by atoms with Crippen molar-refractivity contribution in [2.24, 2.45) is 0 Å². The molecule has 138 valence electrons. The Morgan fingerprint density at radius 1 is 0.815 bits per heavy atom. The van der Waals surface area contributed by atoms with Gasteiger partial charge in [0.05, 0.1) is 0 Å². The molecule has 1 aliphatic heterocycles. The lowest BCUT2D eigenvalue weighted by atomic mass is 10.2. The highest BCUT2D eigenvalue weighted by molar-refractivity contribution is 5.61. The molecule has 0 aliphatic carbocycles. The van der Waals surface area contributed by atoms with E-state index in [0.717, 1.165) is 55.3 Å². The predicted octanol–water partition coefficient (Wildman–Crippen LogP) is 2.95. The van der Waals surface area contributed by atoms with Crippen molar-refractivity contribution < 1.29 is 0 Å². The second-order valence-electron chi connectivity index (χ2n) is 6.66. The molecule has 3 heterocycles. The van der Waals surface area contributed by atoms with Gasteiger partial charge in [-0.3, -0.25) is 0 Å². The molecule has 7 nitrogen and oxygen atoms in total. The third-order valence-electron chi connectivity index (χ3n) is 4.65. The molecule has 0 amide bonds. The van der Waals surface area contributed by atoms with Crippen LogP contribution in [-0.4, -0.2) is 46.1 Å². The van der Waals surface area contributed by atoms with Gasteiger partial charge in [-0.05, 0) is 31.5 Å². The number of piperazine rings is 1. The Morgan fingerprint density at radius 2 is 1.48 bits per heavy atom. The molecule has 4 rings (SSSR count). The molecular formula is C20H23N7. The van der Waals surface area contributed by atoms with Crippen LogP contribution in [0.1, 0.15) is 11.3 Å². The zero-order valence-corrected chi connectivity index (χ0v) is 15.6. The Bertz CT molecular complexity index is 905. The van der Waals surface area contributed by atoms with Crippen LogP contribution in [0.5, 0.6) is 0 Å². The fourth-order valence-corrected chi connectivity index (χ4v) is 3.17. The Kier molecular flexibility index (Phi) is 4.82. The Labute approximate surface area is 159 Å². The van der Waals surface area contributed by atoms with Crippen LogP contribution in [0.2, 0.25) is 0 Å². The van der Waals surface area contributed by atoms with Crippen molar-refractivity contribution >= 4 is 23.4 Å². The Hall–Kier alpha value is -3.22. The summed E-state index contributed by atoms with van der Waals surface area (Å²) < 4.78 is 0. The molecule has 0 bridgehead atoms. The molecular weight excluding hydrogens is 338 g/mol. The number of aromatic nitrogens is 4. The average molecular weight is 361 g/mol. The molecule has 2 aromatic heterocycles. The van der Waals surface area contributed by atoms with Gasteiger partial charge in [0.1, 0.15) is 5.82 Å². The average Bonchev–Trinajstić information content (AvgIpc) is 2.70. The van der Waals surface area contributed by atoms with E-state index in [1.807, 2.05) is 31.2 Å². The molecule has 3 aromatic rings. The molecule has 1 aliphatic rings. The molecule has 1 N–H and O–H groups in total. The third kappa shape index (κ3) is 3.97. The summed E-state index contributed by atoms with van der Waals surface area (Å²) in [6, 6.07) is 12.0. The van der Waals surface area contributed by atoms with Gasteiger partial charge in [0.15, 0.2) is 0 Å². The molecule has 0 unspecified atom stereocenters. The van der Waals surface area contributed by atoms with E-state index in [0.29, 0.717) is 0 Å². The minimum Gasteiger partial charge on any atom is -0.340 e. The van der Waals surface area contributed by atoms with Gasteiger partial charge < -0.3 is 15.1 Å². The topological polar surface area (TPSA) is 70.1 Å². The second kappa shape index (κ2) is 7.57. The number of anilines is 4. The number of benzene rings is 1. The summed E-state index contributed by atoms with van der Waals surface area (Å²) in [7, 11) is 0. The van der Waals surface area contributed by atoms with Crippen LogP contribution in [0.25, 0.3) is 0 Å². The number of aryl methyl sites for hydroxylation is 2. The highest BCUT2D eigenvalue weighted by Crippen LogP contribution is 2.22. The van der Waals surface area contributed by atoms with Crippen molar-refractivity contribution in [2.45, 2.75) is 13.8 Å². The molecule has 0 atom stereocenters. The first kappa shape index (κ1) is 17.2. The molecule has 1 fully saturated rings. The van der Waals surface area contributed by atoms with E-state index in [4.69, 9.17) is 4.98 Å². The van der Waals surface area contributed by atoms with Crippen molar-refractivity contribution in [1.29, 1.82) is 0 Å². The van der Waals surface area contributed by atoms with E-state index in [9.17, 15) is 0 Å². The quantitative estimate of drug-likeness (QED) is 0.766. The molecule has 27 heavy (non-hydrogen) atoms. The van der Waals surface area contributed by atoms with E-state index >= 15 is 0 Å². The molecule has 7 heteroatoms. The number of nitrogens with one attached hydrogen (secondary N) is 1. The van der Waals surface area contributed by atoms with Crippen LogP contribution in [0.15, 0.2) is 48.8 Å². The van der Waals surface area contributed by atoms with Crippen LogP contribution in [-0.2, 0) is 0 Å². The van der Waals surface area contributed by atoms with Crippen molar-refractivity contribution in [1.82, 2.24) is 19.9 Å². The van der Waals surface area contributed by atoms with Crippen LogP contribution < -0.4 is 15.1 Å². The van der Waals surface area contributed by atoms with Gasteiger partial charge in [-0.25, -0.2) is 15.0 Å². The first-order valence-electron chi connectivity index (χ1n) is 9.14. The highest BCUT2D eigenvalue weighted by atomic mass is 15.4. The number of hydrogen-bond donors (Lipinski definition) is 1. The number of para-hydroxylation sites is 1. The zero-order chi connectivity index (χ0) is 18.6. The van der Waals surface area contributed by atoms with Crippen LogP contribution in [0.4, 0.5) is 23.4 Å². The molecule has 1 saturated heterocycles. The van der Waals surface area contributed by atoms with Crippen molar-refractivity contribution in [3.63, 3.8) is 0 Å². The minimum absolute atomic E-state index is 0.764. The fraction of sp³-hybridized carbons (Fsp3) is 0.300. The smallest absolute Gasteiger partial charge is 0.227 e. The van der Waals surface area contributed by atoms with Gasteiger partial charge in [-0.1, -0.05) is 18.2 Å². The summed E-state index contributed by atoms with van der Waals surface area (Å²) >= 11 is 0. The zero-order valence-electron chi connectivity index (χ0n) is 15.6. The van der Waals surface area contributed by atoms with E-state index in [1.54, 1.807) is 12.4 Å². The standard InChI is InChI=1S/C20H23N7/c1-15-6-3-4-7-17(15)24-18-14-16(2)23-20(25-18)27-12-10-26(11-13-27)19-21-8-5-9-22-19/h3-9,14H,10-13H2,1-2H3,(H,23,24,25). The van der Waals surface area contributed by atoms with E-state index in [2.05, 4.69) is 49.1 Å². The first-order valence-corrected chi connectivity index (χ1v) is 9.14. The van der Waals surface area contributed by atoms with Crippen molar-refractivity contribution in [2.75, 3.05) is 41.3 Å². The van der Waals surface area contributed by atoms with Gasteiger partial charge >= 0.3 is 0 Å². The van der Waals surface area contributed by atoms with Crippen LogP contribution in [0.3, 0.4) is 0 Å². The summed E-state index contributed by atoms with van der Waals surface area (Å²) in [5, 5.41) is 3.42.